The molecule has 0 unspecified atom stereocenters. The molecule has 88 valence electrons. The molecule has 0 amide bonds. The van der Waals surface area contributed by atoms with Crippen LogP contribution in [0.3, 0.4) is 0 Å². The van der Waals surface area contributed by atoms with Crippen LogP contribution in [0.1, 0.15) is 29.8 Å². The van der Waals surface area contributed by atoms with Crippen LogP contribution >= 0.6 is 0 Å². The largest absolute Gasteiger partial charge is 0.397 e. The minimum atomic E-state index is 0.829. The summed E-state index contributed by atoms with van der Waals surface area (Å²) in [5.41, 5.74) is 11.8. The van der Waals surface area contributed by atoms with Crippen molar-refractivity contribution in [1.29, 1.82) is 0 Å². The van der Waals surface area contributed by atoms with Gasteiger partial charge in [0, 0.05) is 5.69 Å². The Bertz CT molecular complexity index is 555. The molecule has 3 nitrogen and oxygen atoms in total. The smallest absolute Gasteiger partial charge is 0.0998 e. The van der Waals surface area contributed by atoms with Crippen molar-refractivity contribution in [2.75, 3.05) is 5.73 Å². The van der Waals surface area contributed by atoms with E-state index < -0.39 is 0 Å². The number of benzene rings is 1. The highest BCUT2D eigenvalue weighted by molar-refractivity contribution is 5.60. The highest BCUT2D eigenvalue weighted by Crippen LogP contribution is 2.26. The molecule has 1 aromatic heterocycles. The Morgan fingerprint density at radius 3 is 2.88 bits per heavy atom. The first-order chi connectivity index (χ1) is 8.25. The third-order valence-electron chi connectivity index (χ3n) is 3.47. The maximum Gasteiger partial charge on any atom is 0.0998 e. The molecule has 1 aromatic carbocycles. The van der Waals surface area contributed by atoms with Crippen molar-refractivity contribution in [3.05, 3.63) is 41.5 Å². The molecule has 2 N–H and O–H groups in total. The number of fused-ring (bicyclic) bond motifs is 1. The van der Waals surface area contributed by atoms with E-state index in [1.54, 1.807) is 0 Å². The monoisotopic (exact) mass is 227 g/mol. The number of nitrogens with zero attached hydrogens (tertiary/aromatic N) is 2. The van der Waals surface area contributed by atoms with E-state index in [2.05, 4.69) is 28.6 Å². The van der Waals surface area contributed by atoms with Crippen molar-refractivity contribution >= 4 is 5.69 Å². The Labute approximate surface area is 101 Å². The van der Waals surface area contributed by atoms with Crippen molar-refractivity contribution in [3.8, 4) is 5.69 Å². The van der Waals surface area contributed by atoms with E-state index in [4.69, 9.17) is 5.73 Å². The molecule has 1 aliphatic carbocycles. The third kappa shape index (κ3) is 1.71. The van der Waals surface area contributed by atoms with E-state index in [0.717, 1.165) is 24.2 Å². The standard InChI is InChI=1S/C14H17N3/c1-10-6-7-13(11(15)8-10)17-9-16-12-4-2-3-5-14(12)17/h6-9H,2-5,15H2,1H3. The lowest BCUT2D eigenvalue weighted by molar-refractivity contribution is 0.656. The summed E-state index contributed by atoms with van der Waals surface area (Å²) in [4.78, 5) is 4.50. The van der Waals surface area contributed by atoms with E-state index in [1.165, 1.54) is 29.8 Å². The number of nitrogens with two attached hydrogens (primary N) is 1. The fourth-order valence-electron chi connectivity index (χ4n) is 2.57. The highest BCUT2D eigenvalue weighted by Gasteiger charge is 2.16. The Hall–Kier alpha value is -1.77. The SMILES string of the molecule is Cc1ccc(-n2cnc3c2CCCC3)c(N)c1. The van der Waals surface area contributed by atoms with Crippen LogP contribution in [0.4, 0.5) is 5.69 Å². The van der Waals surface area contributed by atoms with Crippen LogP contribution in [0, 0.1) is 6.92 Å². The number of rotatable bonds is 1. The zero-order valence-corrected chi connectivity index (χ0v) is 10.1. The normalized spacial score (nSPS) is 14.6. The lowest BCUT2D eigenvalue weighted by Gasteiger charge is -2.15. The zero-order chi connectivity index (χ0) is 11.8. The fourth-order valence-corrected chi connectivity index (χ4v) is 2.57. The molecule has 0 saturated carbocycles. The summed E-state index contributed by atoms with van der Waals surface area (Å²) in [6.45, 7) is 2.06. The molecule has 0 saturated heterocycles. The van der Waals surface area contributed by atoms with Crippen molar-refractivity contribution in [2.45, 2.75) is 32.6 Å². The summed E-state index contributed by atoms with van der Waals surface area (Å²) < 4.78 is 2.16. The maximum atomic E-state index is 6.10. The van der Waals surface area contributed by atoms with Gasteiger partial charge in [0.1, 0.15) is 0 Å². The molecule has 2 aromatic rings. The van der Waals surface area contributed by atoms with Gasteiger partial charge in [0.2, 0.25) is 0 Å². The van der Waals surface area contributed by atoms with Gasteiger partial charge in [-0.15, -0.1) is 0 Å². The van der Waals surface area contributed by atoms with Gasteiger partial charge in [-0.3, -0.25) is 0 Å². The lowest BCUT2D eigenvalue weighted by Crippen LogP contribution is -2.08. The van der Waals surface area contributed by atoms with Gasteiger partial charge in [0.25, 0.3) is 0 Å². The Morgan fingerprint density at radius 1 is 1.24 bits per heavy atom. The van der Waals surface area contributed by atoms with Crippen LogP contribution in [-0.2, 0) is 12.8 Å². The first-order valence-electron chi connectivity index (χ1n) is 6.17. The topological polar surface area (TPSA) is 43.8 Å². The molecule has 0 bridgehead atoms. The van der Waals surface area contributed by atoms with Gasteiger partial charge >= 0.3 is 0 Å². The molecular weight excluding hydrogens is 210 g/mol. The first kappa shape index (κ1) is 10.4. The number of hydrogen-bond acceptors (Lipinski definition) is 2. The number of aromatic nitrogens is 2. The zero-order valence-electron chi connectivity index (χ0n) is 10.1. The molecular formula is C14H17N3. The van der Waals surface area contributed by atoms with E-state index in [9.17, 15) is 0 Å². The number of nitrogen functional groups attached to an aromatic ring is 1. The summed E-state index contributed by atoms with van der Waals surface area (Å²) in [5, 5.41) is 0. The lowest BCUT2D eigenvalue weighted by atomic mass is 10.0. The number of aryl methyl sites for hydroxylation is 2. The molecule has 1 heterocycles. The predicted molar refractivity (Wildman–Crippen MR) is 69.4 cm³/mol. The fraction of sp³-hybridized carbons (Fsp3) is 0.357. The highest BCUT2D eigenvalue weighted by atomic mass is 15.1. The van der Waals surface area contributed by atoms with E-state index in [0.29, 0.717) is 0 Å². The Kier molecular flexibility index (Phi) is 2.39. The third-order valence-corrected chi connectivity index (χ3v) is 3.47. The Morgan fingerprint density at radius 2 is 2.06 bits per heavy atom. The molecule has 0 radical (unpaired) electrons. The van der Waals surface area contributed by atoms with E-state index in [1.807, 2.05) is 12.4 Å². The number of anilines is 1. The average molecular weight is 227 g/mol. The van der Waals surface area contributed by atoms with Crippen molar-refractivity contribution in [1.82, 2.24) is 9.55 Å². The Balaban J connectivity index is 2.12. The van der Waals surface area contributed by atoms with Crippen LogP contribution in [0.2, 0.25) is 0 Å². The molecule has 3 rings (SSSR count). The van der Waals surface area contributed by atoms with E-state index >= 15 is 0 Å². The minimum Gasteiger partial charge on any atom is -0.397 e. The molecule has 3 heteroatoms. The predicted octanol–water partition coefficient (Wildman–Crippen LogP) is 2.64. The summed E-state index contributed by atoms with van der Waals surface area (Å²) in [7, 11) is 0. The molecule has 0 spiro atoms. The van der Waals surface area contributed by atoms with Gasteiger partial charge < -0.3 is 10.3 Å². The van der Waals surface area contributed by atoms with Gasteiger partial charge in [-0.1, -0.05) is 6.07 Å². The van der Waals surface area contributed by atoms with Crippen LogP contribution in [0.5, 0.6) is 0 Å². The molecule has 1 aliphatic rings. The number of imidazole rings is 1. The minimum absolute atomic E-state index is 0.829. The summed E-state index contributed by atoms with van der Waals surface area (Å²) in [5.74, 6) is 0. The molecule has 0 atom stereocenters. The quantitative estimate of drug-likeness (QED) is 0.761. The second-order valence-electron chi connectivity index (χ2n) is 4.78. The van der Waals surface area contributed by atoms with Gasteiger partial charge in [-0.25, -0.2) is 4.98 Å². The molecule has 0 aliphatic heterocycles. The second kappa shape index (κ2) is 3.91. The van der Waals surface area contributed by atoms with Gasteiger partial charge in [-0.05, 0) is 50.3 Å². The first-order valence-corrected chi connectivity index (χ1v) is 6.17. The second-order valence-corrected chi connectivity index (χ2v) is 4.78. The summed E-state index contributed by atoms with van der Waals surface area (Å²) in [6.07, 6.45) is 6.64. The molecule has 0 fully saturated rings. The van der Waals surface area contributed by atoms with Crippen LogP contribution in [-0.4, -0.2) is 9.55 Å². The van der Waals surface area contributed by atoms with Gasteiger partial charge in [0.05, 0.1) is 23.4 Å². The van der Waals surface area contributed by atoms with Crippen LogP contribution in [0.15, 0.2) is 24.5 Å². The number of hydrogen-bond donors (Lipinski definition) is 1. The summed E-state index contributed by atoms with van der Waals surface area (Å²) >= 11 is 0. The molecule has 17 heavy (non-hydrogen) atoms. The summed E-state index contributed by atoms with van der Waals surface area (Å²) in [6, 6.07) is 6.20. The van der Waals surface area contributed by atoms with Gasteiger partial charge in [0.15, 0.2) is 0 Å². The van der Waals surface area contributed by atoms with Crippen LogP contribution in [0.25, 0.3) is 5.69 Å². The maximum absolute atomic E-state index is 6.10. The average Bonchev–Trinajstić information content (AvgIpc) is 2.73. The van der Waals surface area contributed by atoms with Crippen molar-refractivity contribution in [3.63, 3.8) is 0 Å². The van der Waals surface area contributed by atoms with Gasteiger partial charge in [-0.2, -0.15) is 0 Å². The van der Waals surface area contributed by atoms with Crippen molar-refractivity contribution < 1.29 is 0 Å². The van der Waals surface area contributed by atoms with Crippen LogP contribution < -0.4 is 5.73 Å². The van der Waals surface area contributed by atoms with Crippen molar-refractivity contribution in [2.24, 2.45) is 0 Å². The van der Waals surface area contributed by atoms with E-state index in [-0.39, 0.29) is 0 Å².